The third-order valence-corrected chi connectivity index (χ3v) is 8.76. The molecule has 1 aliphatic carbocycles. The van der Waals surface area contributed by atoms with Crippen LogP contribution in [0.15, 0.2) is 24.5 Å². The minimum atomic E-state index is -4.40. The van der Waals surface area contributed by atoms with E-state index in [1.54, 1.807) is 6.07 Å². The molecular formula is C28H36F3N5O2. The van der Waals surface area contributed by atoms with Crippen molar-refractivity contribution in [2.75, 3.05) is 32.7 Å². The number of nitrogens with one attached hydrogen (secondary N) is 1. The van der Waals surface area contributed by atoms with Gasteiger partial charge in [0.15, 0.2) is 0 Å². The molecule has 0 saturated carbocycles. The van der Waals surface area contributed by atoms with Crippen LogP contribution in [-0.2, 0) is 12.6 Å². The highest BCUT2D eigenvalue weighted by Crippen LogP contribution is 2.43. The fourth-order valence-corrected chi connectivity index (χ4v) is 6.61. The Labute approximate surface area is 221 Å². The maximum atomic E-state index is 13.3. The molecule has 3 atom stereocenters. The zero-order chi connectivity index (χ0) is 27.2. The second kappa shape index (κ2) is 10.2. The summed E-state index contributed by atoms with van der Waals surface area (Å²) in [4.78, 5) is 25.8. The summed E-state index contributed by atoms with van der Waals surface area (Å²) >= 11 is 0. The second-order valence-electron chi connectivity index (χ2n) is 11.4. The lowest BCUT2D eigenvalue weighted by Crippen LogP contribution is -2.56. The molecule has 2 fully saturated rings. The number of nitrogens with zero attached hydrogens (tertiary/aromatic N) is 4. The number of benzene rings is 1. The Morgan fingerprint density at radius 2 is 1.84 bits per heavy atom. The van der Waals surface area contributed by atoms with E-state index < -0.39 is 17.8 Å². The lowest BCUT2D eigenvalue weighted by Gasteiger charge is -2.47. The molecule has 2 saturated heterocycles. The predicted molar refractivity (Wildman–Crippen MR) is 137 cm³/mol. The highest BCUT2D eigenvalue weighted by atomic mass is 19.4. The summed E-state index contributed by atoms with van der Waals surface area (Å²) in [7, 11) is 0. The number of fused-ring (bicyclic) bond motifs is 1. The van der Waals surface area contributed by atoms with Crippen LogP contribution in [0.4, 0.5) is 13.2 Å². The van der Waals surface area contributed by atoms with Crippen molar-refractivity contribution in [3.05, 3.63) is 58.2 Å². The summed E-state index contributed by atoms with van der Waals surface area (Å²) in [6, 6.07) is 3.72. The van der Waals surface area contributed by atoms with Crippen LogP contribution in [-0.4, -0.2) is 75.7 Å². The number of alkyl halides is 3. The highest BCUT2D eigenvalue weighted by Gasteiger charge is 2.43. The number of likely N-dealkylation sites (tertiary alicyclic amines) is 1. The van der Waals surface area contributed by atoms with Crippen LogP contribution in [0.25, 0.3) is 0 Å². The number of carbonyl (C=O) groups is 1. The van der Waals surface area contributed by atoms with Gasteiger partial charge in [-0.1, -0.05) is 13.0 Å². The summed E-state index contributed by atoms with van der Waals surface area (Å²) in [5.41, 5.74) is 2.70. The average Bonchev–Trinajstić information content (AvgIpc) is 3.18. The van der Waals surface area contributed by atoms with Crippen molar-refractivity contribution in [3.8, 4) is 0 Å². The molecule has 0 radical (unpaired) electrons. The van der Waals surface area contributed by atoms with Gasteiger partial charge in [-0.05, 0) is 61.8 Å². The van der Waals surface area contributed by atoms with Gasteiger partial charge in [-0.3, -0.25) is 9.69 Å². The number of rotatable bonds is 4. The lowest BCUT2D eigenvalue weighted by molar-refractivity contribution is -0.137. The van der Waals surface area contributed by atoms with E-state index in [1.165, 1.54) is 12.4 Å². The van der Waals surface area contributed by atoms with Gasteiger partial charge in [0.25, 0.3) is 5.91 Å². The number of carbonyl (C=O) groups excluding carboxylic acids is 1. The van der Waals surface area contributed by atoms with Gasteiger partial charge in [0.1, 0.15) is 6.33 Å². The minimum absolute atomic E-state index is 0.00250. The largest absolute Gasteiger partial charge is 0.416 e. The van der Waals surface area contributed by atoms with E-state index >= 15 is 0 Å². The van der Waals surface area contributed by atoms with Crippen LogP contribution in [0.1, 0.15) is 70.7 Å². The number of aliphatic hydroxyl groups is 1. The molecule has 10 heteroatoms. The summed E-state index contributed by atoms with van der Waals surface area (Å²) in [5, 5.41) is 14.5. The third kappa shape index (κ3) is 5.18. The summed E-state index contributed by atoms with van der Waals surface area (Å²) in [6.45, 7) is 9.49. The van der Waals surface area contributed by atoms with Gasteiger partial charge in [0.2, 0.25) is 0 Å². The summed E-state index contributed by atoms with van der Waals surface area (Å²) in [5.74, 6) is -0.0208. The molecule has 3 heterocycles. The molecule has 2 aromatic rings. The molecule has 0 spiro atoms. The van der Waals surface area contributed by atoms with E-state index in [1.807, 2.05) is 18.7 Å². The molecule has 2 aliphatic heterocycles. The molecule has 206 valence electrons. The van der Waals surface area contributed by atoms with Crippen LogP contribution in [0.2, 0.25) is 0 Å². The van der Waals surface area contributed by atoms with E-state index in [2.05, 4.69) is 27.1 Å². The predicted octanol–water partition coefficient (Wildman–Crippen LogP) is 3.68. The van der Waals surface area contributed by atoms with Crippen molar-refractivity contribution in [1.29, 1.82) is 0 Å². The molecule has 5 rings (SSSR count). The Balaban J connectivity index is 1.29. The first-order valence-electron chi connectivity index (χ1n) is 13.4. The first-order chi connectivity index (χ1) is 18.0. The smallest absolute Gasteiger partial charge is 0.391 e. The Kier molecular flexibility index (Phi) is 7.26. The minimum Gasteiger partial charge on any atom is -0.391 e. The topological polar surface area (TPSA) is 81.6 Å². The molecule has 1 aromatic heterocycles. The zero-order valence-electron chi connectivity index (χ0n) is 22.2. The Morgan fingerprint density at radius 3 is 2.50 bits per heavy atom. The quantitative estimate of drug-likeness (QED) is 0.627. The Morgan fingerprint density at radius 1 is 1.16 bits per heavy atom. The zero-order valence-corrected chi connectivity index (χ0v) is 22.2. The van der Waals surface area contributed by atoms with Gasteiger partial charge in [0.05, 0.1) is 34.7 Å². The third-order valence-electron chi connectivity index (χ3n) is 8.76. The van der Waals surface area contributed by atoms with Crippen molar-refractivity contribution >= 4 is 5.91 Å². The van der Waals surface area contributed by atoms with Gasteiger partial charge >= 0.3 is 6.18 Å². The standard InChI is InChI=1S/C28H36F3N5O2/c1-17-24(18(2)34-16-33-17)26(38)35-9-6-27(3,7-10-35)14-21-15-32-8-11-36(21)25-22-5-4-20(28(29,30)31)12-19(22)13-23(25)37/h4-5,12,16,21,23,25,32,37H,6-11,13-15H2,1-3H3/t21-,23?,25?/m0/s1. The summed E-state index contributed by atoms with van der Waals surface area (Å²) < 4.78 is 39.8. The first kappa shape index (κ1) is 27.0. The second-order valence-corrected chi connectivity index (χ2v) is 11.4. The van der Waals surface area contributed by atoms with Gasteiger partial charge in [0, 0.05) is 45.2 Å². The van der Waals surface area contributed by atoms with Crippen molar-refractivity contribution in [1.82, 2.24) is 25.1 Å². The molecule has 1 amide bonds. The van der Waals surface area contributed by atoms with Crippen molar-refractivity contribution in [2.45, 2.75) is 70.8 Å². The van der Waals surface area contributed by atoms with Gasteiger partial charge in [-0.2, -0.15) is 13.2 Å². The number of aliphatic hydroxyl groups excluding tert-OH is 1. The number of amides is 1. The van der Waals surface area contributed by atoms with Crippen molar-refractivity contribution in [3.63, 3.8) is 0 Å². The lowest BCUT2D eigenvalue weighted by atomic mass is 9.74. The molecule has 38 heavy (non-hydrogen) atoms. The number of hydrogen-bond donors (Lipinski definition) is 2. The molecular weight excluding hydrogens is 495 g/mol. The van der Waals surface area contributed by atoms with E-state index in [0.717, 1.165) is 50.5 Å². The van der Waals surface area contributed by atoms with Crippen LogP contribution in [0, 0.1) is 19.3 Å². The van der Waals surface area contributed by atoms with Gasteiger partial charge in [-0.25, -0.2) is 9.97 Å². The highest BCUT2D eigenvalue weighted by molar-refractivity contribution is 5.96. The molecule has 1 aromatic carbocycles. The monoisotopic (exact) mass is 531 g/mol. The Bertz CT molecular complexity index is 1180. The molecule has 0 bridgehead atoms. The van der Waals surface area contributed by atoms with Crippen LogP contribution < -0.4 is 5.32 Å². The molecule has 3 aliphatic rings. The summed E-state index contributed by atoms with van der Waals surface area (Å²) in [6.07, 6.45) is -0.828. The maximum Gasteiger partial charge on any atom is 0.416 e. The van der Waals surface area contributed by atoms with E-state index in [4.69, 9.17) is 0 Å². The first-order valence-corrected chi connectivity index (χ1v) is 13.4. The number of aryl methyl sites for hydroxylation is 2. The number of piperidine rings is 1. The number of aromatic nitrogens is 2. The van der Waals surface area contributed by atoms with Crippen molar-refractivity contribution < 1.29 is 23.1 Å². The van der Waals surface area contributed by atoms with Crippen molar-refractivity contribution in [2.24, 2.45) is 5.41 Å². The molecule has 7 nitrogen and oxygen atoms in total. The molecule has 2 unspecified atom stereocenters. The fourth-order valence-electron chi connectivity index (χ4n) is 6.61. The van der Waals surface area contributed by atoms with E-state index in [9.17, 15) is 23.1 Å². The van der Waals surface area contributed by atoms with Gasteiger partial charge in [-0.15, -0.1) is 0 Å². The fraction of sp³-hybridized carbons (Fsp3) is 0.607. The van der Waals surface area contributed by atoms with Crippen LogP contribution in [0.3, 0.4) is 0 Å². The van der Waals surface area contributed by atoms with Gasteiger partial charge < -0.3 is 15.3 Å². The normalized spacial score (nSPS) is 25.9. The number of hydrogen-bond acceptors (Lipinski definition) is 6. The van der Waals surface area contributed by atoms with Crippen LogP contribution in [0.5, 0.6) is 0 Å². The maximum absolute atomic E-state index is 13.3. The van der Waals surface area contributed by atoms with Crippen LogP contribution >= 0.6 is 0 Å². The van der Waals surface area contributed by atoms with E-state index in [-0.39, 0.29) is 29.8 Å². The Hall–Kier alpha value is -2.56. The average molecular weight is 532 g/mol. The SMILES string of the molecule is Cc1ncnc(C)c1C(=O)N1CCC(C)(C[C@H]2CNCCN2C2c3ccc(C(F)(F)F)cc3CC2O)CC1. The number of halogens is 3. The number of piperazine rings is 1. The van der Waals surface area contributed by atoms with E-state index in [0.29, 0.717) is 35.6 Å². The molecule has 2 N–H and O–H groups in total.